The third kappa shape index (κ3) is 14.2. The molecule has 0 aromatic carbocycles. The van der Waals surface area contributed by atoms with Gasteiger partial charge in [0.15, 0.2) is 5.78 Å². The van der Waals surface area contributed by atoms with Crippen molar-refractivity contribution in [2.75, 3.05) is 27.9 Å². The minimum absolute atomic E-state index is 0.0170. The first-order valence-corrected chi connectivity index (χ1v) is 25.0. The standard InChI is InChI=1S/C52H79N5O12/c1-31-16-12-11-13-17-32(2)43(65-8)28-39-21-19-37(7)52(64,69-39)49(61)50(62)56-23-15-14-18-41(56)51(63)68-44(34(4)26-38-20-22-40(45(27-38)66-9)57-30-53-54-55-57)29-42(58)33(3)25-36(6)47(60)48(67-10)46(59)35(5)24-31/h11-13,16-17,25,30-31,33-35,37-41,43-45,47-48,60,64H,14-15,18-24,26-29H2,1-10H3/b13-11+,16-12+,32-17+,36-25+/t31?,33?,34-,35?,37?,38?,39+,40?,41?,43+,44+,45?,47-,48?,52?/m1/s1. The van der Waals surface area contributed by atoms with E-state index in [4.69, 9.17) is 23.7 Å². The number of carbonyl (C=O) groups excluding carboxylic acids is 5. The highest BCUT2D eigenvalue weighted by Gasteiger charge is 2.53. The Bertz CT molecular complexity index is 2020. The molecule has 0 radical (unpaired) electrons. The van der Waals surface area contributed by atoms with Gasteiger partial charge in [0.2, 0.25) is 5.79 Å². The van der Waals surface area contributed by atoms with E-state index in [2.05, 4.69) is 15.5 Å². The molecule has 384 valence electrons. The summed E-state index contributed by atoms with van der Waals surface area (Å²) in [7, 11) is 4.62. The van der Waals surface area contributed by atoms with Gasteiger partial charge in [0.1, 0.15) is 36.5 Å². The van der Waals surface area contributed by atoms with Gasteiger partial charge >= 0.3 is 5.97 Å². The van der Waals surface area contributed by atoms with Crippen LogP contribution in [0.25, 0.3) is 0 Å². The van der Waals surface area contributed by atoms with Crippen LogP contribution in [0.15, 0.2) is 53.9 Å². The van der Waals surface area contributed by atoms with Crippen LogP contribution in [0.3, 0.4) is 0 Å². The summed E-state index contributed by atoms with van der Waals surface area (Å²) in [5.41, 5.74) is 1.27. The van der Waals surface area contributed by atoms with E-state index in [1.54, 1.807) is 52.1 Å². The fraction of sp³-hybridized carbons (Fsp3) is 0.731. The zero-order chi connectivity index (χ0) is 50.6. The summed E-state index contributed by atoms with van der Waals surface area (Å²) in [5, 5.41) is 35.2. The number of rotatable bonds is 7. The topological polar surface area (TPSA) is 219 Å². The van der Waals surface area contributed by atoms with E-state index in [1.165, 1.54) is 12.0 Å². The molecule has 17 nitrogen and oxygen atoms in total. The quantitative estimate of drug-likeness (QED) is 0.181. The molecule has 3 aliphatic heterocycles. The maximum absolute atomic E-state index is 14.5. The van der Waals surface area contributed by atoms with Gasteiger partial charge in [-0.05, 0) is 117 Å². The van der Waals surface area contributed by atoms with E-state index in [1.807, 2.05) is 58.1 Å². The molecule has 1 aliphatic carbocycles. The Labute approximate surface area is 408 Å². The van der Waals surface area contributed by atoms with E-state index in [9.17, 15) is 34.2 Å². The molecule has 2 bridgehead atoms. The first kappa shape index (κ1) is 55.7. The molecule has 69 heavy (non-hydrogen) atoms. The summed E-state index contributed by atoms with van der Waals surface area (Å²) in [5.74, 6) is -7.92. The number of amides is 1. The molecular formula is C52H79N5O12. The lowest BCUT2D eigenvalue weighted by molar-refractivity contribution is -0.265. The molecule has 1 saturated carbocycles. The smallest absolute Gasteiger partial charge is 0.329 e. The van der Waals surface area contributed by atoms with Gasteiger partial charge in [-0.3, -0.25) is 19.2 Å². The summed E-state index contributed by atoms with van der Waals surface area (Å²) in [6.07, 6.45) is 13.9. The first-order valence-electron chi connectivity index (χ1n) is 25.0. The third-order valence-electron chi connectivity index (χ3n) is 15.2. The van der Waals surface area contributed by atoms with Crippen molar-refractivity contribution in [2.45, 2.75) is 180 Å². The summed E-state index contributed by atoms with van der Waals surface area (Å²) in [6.45, 7) is 12.8. The number of methoxy groups -OCH3 is 3. The molecular weight excluding hydrogens is 887 g/mol. The average Bonchev–Trinajstić information content (AvgIpc) is 3.88. The van der Waals surface area contributed by atoms with Crippen LogP contribution in [0.5, 0.6) is 0 Å². The fourth-order valence-corrected chi connectivity index (χ4v) is 10.7. The number of ether oxygens (including phenoxy) is 5. The Balaban J connectivity index is 1.46. The maximum Gasteiger partial charge on any atom is 0.329 e. The van der Waals surface area contributed by atoms with Crippen molar-refractivity contribution in [1.82, 2.24) is 25.1 Å². The molecule has 15 atom stereocenters. The van der Waals surface area contributed by atoms with E-state index >= 15 is 0 Å². The van der Waals surface area contributed by atoms with Gasteiger partial charge in [0.25, 0.3) is 11.7 Å². The zero-order valence-corrected chi connectivity index (χ0v) is 42.5. The van der Waals surface area contributed by atoms with Gasteiger partial charge in [0.05, 0.1) is 24.4 Å². The second-order valence-corrected chi connectivity index (χ2v) is 20.4. The number of fused-ring (bicyclic) bond motifs is 3. The molecule has 10 unspecified atom stereocenters. The third-order valence-corrected chi connectivity index (χ3v) is 15.2. The Morgan fingerprint density at radius 1 is 0.884 bits per heavy atom. The van der Waals surface area contributed by atoms with Crippen molar-refractivity contribution < 1.29 is 57.9 Å². The van der Waals surface area contributed by atoms with Crippen LogP contribution >= 0.6 is 0 Å². The molecule has 3 fully saturated rings. The number of carbonyl (C=O) groups is 5. The van der Waals surface area contributed by atoms with Gasteiger partial charge in [-0.15, -0.1) is 5.10 Å². The van der Waals surface area contributed by atoms with Crippen molar-refractivity contribution in [3.8, 4) is 0 Å². The Hall–Kier alpha value is -4.26. The minimum atomic E-state index is -2.43. The number of piperidine rings is 1. The van der Waals surface area contributed by atoms with E-state index in [-0.39, 0.29) is 60.9 Å². The van der Waals surface area contributed by atoms with Crippen LogP contribution in [-0.2, 0) is 47.7 Å². The largest absolute Gasteiger partial charge is 0.460 e. The number of aliphatic hydroxyl groups is 2. The van der Waals surface area contributed by atoms with E-state index in [0.29, 0.717) is 56.9 Å². The summed E-state index contributed by atoms with van der Waals surface area (Å²) in [6, 6.07) is -1.19. The predicted molar refractivity (Wildman–Crippen MR) is 256 cm³/mol. The summed E-state index contributed by atoms with van der Waals surface area (Å²) >= 11 is 0. The van der Waals surface area contributed by atoms with Crippen molar-refractivity contribution in [3.63, 3.8) is 0 Å². The number of tetrazole rings is 1. The molecule has 2 saturated heterocycles. The lowest BCUT2D eigenvalue weighted by Crippen LogP contribution is -2.61. The second-order valence-electron chi connectivity index (χ2n) is 20.4. The molecule has 4 heterocycles. The number of nitrogens with zero attached hydrogens (tertiary/aromatic N) is 5. The lowest BCUT2D eigenvalue weighted by Gasteiger charge is -2.42. The van der Waals surface area contributed by atoms with Gasteiger partial charge in [-0.1, -0.05) is 71.1 Å². The summed E-state index contributed by atoms with van der Waals surface area (Å²) < 4.78 is 31.6. The number of Topliss-reactive ketones (excluding diaryl/α,β-unsaturated/α-hetero) is 3. The highest BCUT2D eigenvalue weighted by molar-refractivity contribution is 6.39. The molecule has 0 spiro atoms. The fourth-order valence-electron chi connectivity index (χ4n) is 10.7. The number of ketones is 3. The maximum atomic E-state index is 14.5. The number of cyclic esters (lactones) is 1. The monoisotopic (exact) mass is 966 g/mol. The number of hydrogen-bond donors (Lipinski definition) is 2. The highest BCUT2D eigenvalue weighted by Crippen LogP contribution is 2.39. The van der Waals surface area contributed by atoms with Gasteiger partial charge in [-0.2, -0.15) is 0 Å². The molecule has 1 aromatic rings. The van der Waals surface area contributed by atoms with Crippen LogP contribution in [0.2, 0.25) is 0 Å². The molecule has 1 amide bonds. The molecule has 2 N–H and O–H groups in total. The van der Waals surface area contributed by atoms with Crippen LogP contribution in [0.4, 0.5) is 0 Å². The van der Waals surface area contributed by atoms with Gasteiger partial charge in [-0.25, -0.2) is 9.48 Å². The molecule has 1 aromatic heterocycles. The van der Waals surface area contributed by atoms with Crippen LogP contribution in [-0.4, -0.2) is 141 Å². The van der Waals surface area contributed by atoms with E-state index < -0.39 is 77.8 Å². The Morgan fingerprint density at radius 3 is 2.32 bits per heavy atom. The van der Waals surface area contributed by atoms with Crippen molar-refractivity contribution in [2.24, 2.45) is 35.5 Å². The SMILES string of the molecule is COC1CC(C[C@@H](C)[C@@H]2CC(=O)C(C)/C=C(\C)[C@@H](O)C(OC)C(=O)C(C)CC(C)/C=C/C=C/C=C(\C)[C@@H](OC)C[C@@H]3CCC(C)C(O)(O3)C(=O)C(=O)N3CCCCC3C(=O)O2)CCC1n1cnnn1. The summed E-state index contributed by atoms with van der Waals surface area (Å²) in [4.78, 5) is 72.3. The van der Waals surface area contributed by atoms with Crippen LogP contribution < -0.4 is 0 Å². The molecule has 5 rings (SSSR count). The highest BCUT2D eigenvalue weighted by atomic mass is 16.6. The number of hydrogen-bond acceptors (Lipinski definition) is 15. The lowest BCUT2D eigenvalue weighted by atomic mass is 9.77. The normalized spacial score (nSPS) is 38.8. The van der Waals surface area contributed by atoms with Crippen LogP contribution in [0.1, 0.15) is 132 Å². The minimum Gasteiger partial charge on any atom is -0.460 e. The van der Waals surface area contributed by atoms with Gasteiger partial charge in [0, 0.05) is 58.5 Å². The first-order chi connectivity index (χ1) is 32.8. The second kappa shape index (κ2) is 25.7. The number of aromatic nitrogens is 4. The number of allylic oxidation sites excluding steroid dienone is 6. The number of esters is 1. The predicted octanol–water partition coefficient (Wildman–Crippen LogP) is 6.05. The Morgan fingerprint density at radius 2 is 1.64 bits per heavy atom. The van der Waals surface area contributed by atoms with Gasteiger partial charge < -0.3 is 38.8 Å². The van der Waals surface area contributed by atoms with Crippen LogP contribution in [0, 0.1) is 35.5 Å². The van der Waals surface area contributed by atoms with Crippen molar-refractivity contribution in [3.05, 3.63) is 53.9 Å². The van der Waals surface area contributed by atoms with Crippen molar-refractivity contribution >= 4 is 29.2 Å². The van der Waals surface area contributed by atoms with E-state index in [0.717, 1.165) is 18.4 Å². The zero-order valence-electron chi connectivity index (χ0n) is 42.5. The number of aliphatic hydroxyl groups excluding tert-OH is 1. The Kier molecular flexibility index (Phi) is 20.8. The average molecular weight is 966 g/mol. The molecule has 4 aliphatic rings. The van der Waals surface area contributed by atoms with Crippen molar-refractivity contribution in [1.29, 1.82) is 0 Å². The molecule has 17 heteroatoms.